The van der Waals surface area contributed by atoms with E-state index >= 15 is 0 Å². The molecule has 4 rings (SSSR count). The predicted molar refractivity (Wildman–Crippen MR) is 126 cm³/mol. The number of phenols is 1. The summed E-state index contributed by atoms with van der Waals surface area (Å²) in [6.07, 6.45) is 1.48. The molecule has 32 heavy (non-hydrogen) atoms. The molecule has 1 fully saturated rings. The number of rotatable bonds is 5. The summed E-state index contributed by atoms with van der Waals surface area (Å²) in [5.41, 5.74) is 1.93. The van der Waals surface area contributed by atoms with Crippen molar-refractivity contribution in [2.75, 3.05) is 18.0 Å². The maximum absolute atomic E-state index is 13.5. The van der Waals surface area contributed by atoms with Gasteiger partial charge in [0, 0.05) is 52.5 Å². The number of likely N-dealkylation sites (tertiary alicyclic amines) is 1. The van der Waals surface area contributed by atoms with Crippen molar-refractivity contribution in [1.82, 2.24) is 4.90 Å². The molecule has 3 aromatic carbocycles. The number of halogens is 3. The number of hydrogen-bond donors (Lipinski definition) is 1. The Kier molecular flexibility index (Phi) is 6.99. The van der Waals surface area contributed by atoms with Crippen LogP contribution in [0.1, 0.15) is 28.8 Å². The van der Waals surface area contributed by atoms with Gasteiger partial charge in [0.1, 0.15) is 11.6 Å². The third-order valence-corrected chi connectivity index (χ3v) is 6.22. The van der Waals surface area contributed by atoms with Crippen molar-refractivity contribution >= 4 is 34.8 Å². The summed E-state index contributed by atoms with van der Waals surface area (Å²) in [7, 11) is 0. The highest BCUT2D eigenvalue weighted by Gasteiger charge is 2.30. The van der Waals surface area contributed by atoms with Crippen LogP contribution in [-0.4, -0.2) is 35.0 Å². The highest BCUT2D eigenvalue weighted by molar-refractivity contribution is 6.31. The minimum Gasteiger partial charge on any atom is -0.508 e. The van der Waals surface area contributed by atoms with Gasteiger partial charge in [-0.05, 0) is 73.5 Å². The average Bonchev–Trinajstić information content (AvgIpc) is 2.79. The van der Waals surface area contributed by atoms with Crippen LogP contribution in [0.2, 0.25) is 10.0 Å². The largest absolute Gasteiger partial charge is 0.508 e. The molecule has 166 valence electrons. The second-order valence-corrected chi connectivity index (χ2v) is 8.82. The molecular formula is C25H23Cl2FN2O2. The number of phenolic OH excluding ortho intramolecular Hbond substituents is 1. The summed E-state index contributed by atoms with van der Waals surface area (Å²) in [5, 5.41) is 11.2. The van der Waals surface area contributed by atoms with E-state index in [4.69, 9.17) is 23.2 Å². The van der Waals surface area contributed by atoms with Gasteiger partial charge >= 0.3 is 0 Å². The summed E-state index contributed by atoms with van der Waals surface area (Å²) in [4.78, 5) is 17.4. The second-order valence-electron chi connectivity index (χ2n) is 7.94. The number of anilines is 1. The zero-order valence-electron chi connectivity index (χ0n) is 17.3. The molecule has 0 unspecified atom stereocenters. The molecule has 1 aliphatic heterocycles. The van der Waals surface area contributed by atoms with Crippen LogP contribution in [0, 0.1) is 5.82 Å². The van der Waals surface area contributed by atoms with Crippen LogP contribution in [-0.2, 0) is 6.54 Å². The molecule has 4 nitrogen and oxygen atoms in total. The second kappa shape index (κ2) is 9.90. The lowest BCUT2D eigenvalue weighted by Gasteiger charge is -2.38. The monoisotopic (exact) mass is 472 g/mol. The topological polar surface area (TPSA) is 43.8 Å². The Balaban J connectivity index is 1.53. The predicted octanol–water partition coefficient (Wildman–Crippen LogP) is 6.15. The Labute approximate surface area is 196 Å². The van der Waals surface area contributed by atoms with Crippen molar-refractivity contribution in [3.8, 4) is 5.75 Å². The van der Waals surface area contributed by atoms with Crippen LogP contribution in [0.4, 0.5) is 10.1 Å². The Bertz CT molecular complexity index is 1100. The van der Waals surface area contributed by atoms with Crippen molar-refractivity contribution in [1.29, 1.82) is 0 Å². The fraction of sp³-hybridized carbons (Fsp3) is 0.240. The third-order valence-electron chi connectivity index (χ3n) is 5.75. The van der Waals surface area contributed by atoms with Crippen molar-refractivity contribution in [2.24, 2.45) is 0 Å². The lowest BCUT2D eigenvalue weighted by atomic mass is 10.00. The first-order valence-electron chi connectivity index (χ1n) is 10.4. The van der Waals surface area contributed by atoms with Gasteiger partial charge < -0.3 is 10.0 Å². The van der Waals surface area contributed by atoms with Crippen LogP contribution >= 0.6 is 23.2 Å². The maximum Gasteiger partial charge on any atom is 0.258 e. The minimum atomic E-state index is -0.347. The molecule has 0 saturated carbocycles. The van der Waals surface area contributed by atoms with E-state index < -0.39 is 0 Å². The summed E-state index contributed by atoms with van der Waals surface area (Å²) in [5.74, 6) is -0.286. The van der Waals surface area contributed by atoms with Gasteiger partial charge in [-0.25, -0.2) is 4.39 Å². The van der Waals surface area contributed by atoms with Crippen LogP contribution < -0.4 is 4.90 Å². The fourth-order valence-electron chi connectivity index (χ4n) is 4.11. The van der Waals surface area contributed by atoms with E-state index in [9.17, 15) is 14.3 Å². The molecule has 1 heterocycles. The van der Waals surface area contributed by atoms with Gasteiger partial charge in [0.25, 0.3) is 5.91 Å². The first-order chi connectivity index (χ1) is 15.4. The van der Waals surface area contributed by atoms with E-state index in [2.05, 4.69) is 4.90 Å². The summed E-state index contributed by atoms with van der Waals surface area (Å²) in [6, 6.07) is 17.9. The SMILES string of the molecule is O=C(c1cccc(Cl)c1)N(c1ccc(F)cc1)C1CCN(Cc2cc(Cl)ccc2O)CC1. The van der Waals surface area contributed by atoms with E-state index in [-0.39, 0.29) is 23.5 Å². The number of piperidine rings is 1. The number of hydrogen-bond acceptors (Lipinski definition) is 3. The number of carbonyl (C=O) groups is 1. The molecule has 0 atom stereocenters. The van der Waals surface area contributed by atoms with Crippen LogP contribution in [0.25, 0.3) is 0 Å². The van der Waals surface area contributed by atoms with Crippen molar-refractivity contribution in [2.45, 2.75) is 25.4 Å². The van der Waals surface area contributed by atoms with Gasteiger partial charge in [-0.15, -0.1) is 0 Å². The first-order valence-corrected chi connectivity index (χ1v) is 11.2. The molecule has 1 amide bonds. The number of aromatic hydroxyl groups is 1. The highest BCUT2D eigenvalue weighted by atomic mass is 35.5. The molecule has 1 aliphatic rings. The quantitative estimate of drug-likeness (QED) is 0.484. The lowest BCUT2D eigenvalue weighted by Crippen LogP contribution is -2.47. The van der Waals surface area contributed by atoms with Gasteiger partial charge in [0.05, 0.1) is 0 Å². The van der Waals surface area contributed by atoms with Crippen LogP contribution in [0.3, 0.4) is 0 Å². The molecule has 3 aromatic rings. The molecule has 1 saturated heterocycles. The summed E-state index contributed by atoms with van der Waals surface area (Å²) in [6.45, 7) is 2.08. The zero-order chi connectivity index (χ0) is 22.7. The summed E-state index contributed by atoms with van der Waals surface area (Å²) >= 11 is 12.2. The Morgan fingerprint density at radius 1 is 1.00 bits per heavy atom. The molecule has 1 N–H and O–H groups in total. The lowest BCUT2D eigenvalue weighted by molar-refractivity contribution is 0.0958. The fourth-order valence-corrected chi connectivity index (χ4v) is 4.50. The zero-order valence-corrected chi connectivity index (χ0v) is 18.9. The molecule has 7 heteroatoms. The van der Waals surface area contributed by atoms with Crippen molar-refractivity contribution in [3.63, 3.8) is 0 Å². The van der Waals surface area contributed by atoms with Gasteiger partial charge in [-0.2, -0.15) is 0 Å². The number of carbonyl (C=O) groups excluding carboxylic acids is 1. The van der Waals surface area contributed by atoms with Crippen molar-refractivity contribution in [3.05, 3.63) is 93.7 Å². The Morgan fingerprint density at radius 2 is 1.69 bits per heavy atom. The van der Waals surface area contributed by atoms with Gasteiger partial charge in [-0.3, -0.25) is 9.69 Å². The molecule has 0 radical (unpaired) electrons. The standard InChI is InChI=1S/C25H23Cl2FN2O2/c26-19-3-1-2-17(14-19)25(32)30(22-7-5-21(28)6-8-22)23-10-12-29(13-11-23)16-18-15-20(27)4-9-24(18)31/h1-9,14-15,23,31H,10-13,16H2. The van der Waals surface area contributed by atoms with Gasteiger partial charge in [-0.1, -0.05) is 29.3 Å². The first kappa shape index (κ1) is 22.6. The number of benzene rings is 3. The molecule has 0 aromatic heterocycles. The van der Waals surface area contributed by atoms with Crippen LogP contribution in [0.5, 0.6) is 5.75 Å². The third kappa shape index (κ3) is 5.23. The summed E-state index contributed by atoms with van der Waals surface area (Å²) < 4.78 is 13.5. The molecule has 0 bridgehead atoms. The van der Waals surface area contributed by atoms with E-state index in [0.29, 0.717) is 27.8 Å². The Hall–Kier alpha value is -2.60. The smallest absolute Gasteiger partial charge is 0.258 e. The van der Waals surface area contributed by atoms with Gasteiger partial charge in [0.15, 0.2) is 0 Å². The van der Waals surface area contributed by atoms with Crippen LogP contribution in [0.15, 0.2) is 66.7 Å². The Morgan fingerprint density at radius 3 is 2.38 bits per heavy atom. The van der Waals surface area contributed by atoms with E-state index in [1.807, 2.05) is 0 Å². The maximum atomic E-state index is 13.5. The number of amides is 1. The highest BCUT2D eigenvalue weighted by Crippen LogP contribution is 2.29. The average molecular weight is 473 g/mol. The molecule has 0 aliphatic carbocycles. The number of nitrogens with zero attached hydrogens (tertiary/aromatic N) is 2. The normalized spacial score (nSPS) is 15.0. The van der Waals surface area contributed by atoms with E-state index in [1.165, 1.54) is 12.1 Å². The van der Waals surface area contributed by atoms with E-state index in [1.54, 1.807) is 59.5 Å². The van der Waals surface area contributed by atoms with E-state index in [0.717, 1.165) is 31.5 Å². The molecular weight excluding hydrogens is 450 g/mol. The molecule has 0 spiro atoms. The van der Waals surface area contributed by atoms with Crippen molar-refractivity contribution < 1.29 is 14.3 Å². The minimum absolute atomic E-state index is 0.0452. The van der Waals surface area contributed by atoms with Gasteiger partial charge in [0.2, 0.25) is 0 Å².